The van der Waals surface area contributed by atoms with Crippen molar-refractivity contribution < 1.29 is 9.34 Å². The van der Waals surface area contributed by atoms with Crippen LogP contribution in [0.25, 0.3) is 0 Å². The number of halogens is 1. The molecule has 2 aromatic heterocycles. The predicted molar refractivity (Wildman–Crippen MR) is 81.3 cm³/mol. The van der Waals surface area contributed by atoms with Gasteiger partial charge >= 0.3 is 5.69 Å². The van der Waals surface area contributed by atoms with E-state index >= 15 is 0 Å². The molecular formula is C14H12ClN5O3. The largest absolute Gasteiger partial charge is 0.423 e. The van der Waals surface area contributed by atoms with Gasteiger partial charge in [0.05, 0.1) is 11.3 Å². The molecule has 0 bridgehead atoms. The Balaban J connectivity index is 1.72. The Hall–Kier alpha value is -2.74. The Labute approximate surface area is 135 Å². The molecule has 118 valence electrons. The fourth-order valence-electron chi connectivity index (χ4n) is 2.10. The summed E-state index contributed by atoms with van der Waals surface area (Å²) < 4.78 is 7.02. The highest BCUT2D eigenvalue weighted by Gasteiger charge is 2.18. The molecule has 0 saturated carbocycles. The third-order valence-corrected chi connectivity index (χ3v) is 3.59. The molecule has 0 saturated heterocycles. The van der Waals surface area contributed by atoms with Crippen molar-refractivity contribution in [2.45, 2.75) is 19.9 Å². The van der Waals surface area contributed by atoms with E-state index in [9.17, 15) is 10.1 Å². The third kappa shape index (κ3) is 3.37. The fraction of sp³-hybridized carbons (Fsp3) is 0.214. The Morgan fingerprint density at radius 1 is 1.26 bits per heavy atom. The van der Waals surface area contributed by atoms with Crippen molar-refractivity contribution >= 4 is 17.3 Å². The summed E-state index contributed by atoms with van der Waals surface area (Å²) in [5.74, 6) is 0.802. The number of hydrogen-bond donors (Lipinski definition) is 0. The zero-order chi connectivity index (χ0) is 16.4. The summed E-state index contributed by atoms with van der Waals surface area (Å²) in [5.41, 5.74) is 1.40. The average Bonchev–Trinajstić information content (AvgIpc) is 3.10. The van der Waals surface area contributed by atoms with E-state index in [1.807, 2.05) is 12.1 Å². The highest BCUT2D eigenvalue weighted by Crippen LogP contribution is 2.18. The van der Waals surface area contributed by atoms with Crippen LogP contribution in [0, 0.1) is 17.0 Å². The van der Waals surface area contributed by atoms with Crippen molar-refractivity contribution in [2.24, 2.45) is 0 Å². The van der Waals surface area contributed by atoms with E-state index < -0.39 is 4.92 Å². The first kappa shape index (κ1) is 15.2. The van der Waals surface area contributed by atoms with Crippen molar-refractivity contribution in [1.82, 2.24) is 20.0 Å². The van der Waals surface area contributed by atoms with Crippen molar-refractivity contribution in [3.8, 4) is 0 Å². The van der Waals surface area contributed by atoms with E-state index in [1.54, 1.807) is 19.1 Å². The SMILES string of the molecule is Cc1c([N+](=O)[O-])cnn1Cc1nnc(Cc2ccc(Cl)cc2)o1. The molecule has 0 amide bonds. The van der Waals surface area contributed by atoms with Crippen LogP contribution in [0.3, 0.4) is 0 Å². The Morgan fingerprint density at radius 2 is 1.96 bits per heavy atom. The first-order valence-electron chi connectivity index (χ1n) is 6.75. The van der Waals surface area contributed by atoms with Gasteiger partial charge in [-0.2, -0.15) is 5.10 Å². The van der Waals surface area contributed by atoms with Crippen molar-refractivity contribution in [3.05, 3.63) is 68.6 Å². The zero-order valence-electron chi connectivity index (χ0n) is 12.1. The minimum Gasteiger partial charge on any atom is -0.423 e. The molecule has 0 aliphatic rings. The van der Waals surface area contributed by atoms with Crippen LogP contribution in [0.15, 0.2) is 34.9 Å². The molecule has 2 heterocycles. The number of nitro groups is 1. The van der Waals surface area contributed by atoms with Crippen molar-refractivity contribution in [2.75, 3.05) is 0 Å². The Morgan fingerprint density at radius 3 is 2.61 bits per heavy atom. The van der Waals surface area contributed by atoms with Crippen LogP contribution in [0.4, 0.5) is 5.69 Å². The van der Waals surface area contributed by atoms with Crippen LogP contribution in [0.5, 0.6) is 0 Å². The van der Waals surface area contributed by atoms with E-state index in [1.165, 1.54) is 10.9 Å². The summed E-state index contributed by atoms with van der Waals surface area (Å²) >= 11 is 5.84. The molecule has 0 fully saturated rings. The number of nitrogens with zero attached hydrogens (tertiary/aromatic N) is 5. The second kappa shape index (κ2) is 6.17. The smallest absolute Gasteiger partial charge is 0.309 e. The highest BCUT2D eigenvalue weighted by atomic mass is 35.5. The topological polar surface area (TPSA) is 99.9 Å². The van der Waals surface area contributed by atoms with Gasteiger partial charge in [-0.25, -0.2) is 0 Å². The molecule has 0 spiro atoms. The van der Waals surface area contributed by atoms with Gasteiger partial charge in [-0.1, -0.05) is 23.7 Å². The predicted octanol–water partition coefficient (Wildman–Crippen LogP) is 2.78. The van der Waals surface area contributed by atoms with E-state index in [4.69, 9.17) is 16.0 Å². The first-order chi connectivity index (χ1) is 11.0. The number of rotatable bonds is 5. The van der Waals surface area contributed by atoms with Gasteiger partial charge in [0.15, 0.2) is 0 Å². The summed E-state index contributed by atoms with van der Waals surface area (Å²) in [4.78, 5) is 10.3. The lowest BCUT2D eigenvalue weighted by molar-refractivity contribution is -0.385. The van der Waals surface area contributed by atoms with Gasteiger partial charge in [0.1, 0.15) is 18.4 Å². The van der Waals surface area contributed by atoms with E-state index in [2.05, 4.69) is 15.3 Å². The molecule has 9 heteroatoms. The van der Waals surface area contributed by atoms with E-state index in [0.29, 0.717) is 28.9 Å². The quantitative estimate of drug-likeness (QED) is 0.525. The summed E-state index contributed by atoms with van der Waals surface area (Å²) in [5, 5.41) is 23.4. The third-order valence-electron chi connectivity index (χ3n) is 3.34. The maximum atomic E-state index is 10.8. The highest BCUT2D eigenvalue weighted by molar-refractivity contribution is 6.30. The van der Waals surface area contributed by atoms with Gasteiger partial charge in [-0.15, -0.1) is 10.2 Å². The van der Waals surface area contributed by atoms with Gasteiger partial charge in [-0.3, -0.25) is 14.8 Å². The number of hydrogen-bond acceptors (Lipinski definition) is 6. The molecule has 3 rings (SSSR count). The first-order valence-corrected chi connectivity index (χ1v) is 7.13. The second-order valence-electron chi connectivity index (χ2n) is 4.92. The molecule has 8 nitrogen and oxygen atoms in total. The van der Waals surface area contributed by atoms with Crippen LogP contribution >= 0.6 is 11.6 Å². The van der Waals surface area contributed by atoms with Crippen LogP contribution in [0.2, 0.25) is 5.02 Å². The maximum Gasteiger partial charge on any atom is 0.309 e. The zero-order valence-corrected chi connectivity index (χ0v) is 12.9. The average molecular weight is 334 g/mol. The van der Waals surface area contributed by atoms with Gasteiger partial charge in [0, 0.05) is 5.02 Å². The molecule has 23 heavy (non-hydrogen) atoms. The molecule has 0 radical (unpaired) electrons. The number of aromatic nitrogens is 4. The second-order valence-corrected chi connectivity index (χ2v) is 5.36. The van der Waals surface area contributed by atoms with Gasteiger partial charge < -0.3 is 4.42 Å². The van der Waals surface area contributed by atoms with Crippen LogP contribution < -0.4 is 0 Å². The fourth-order valence-corrected chi connectivity index (χ4v) is 2.23. The maximum absolute atomic E-state index is 10.8. The van der Waals surface area contributed by atoms with E-state index in [0.717, 1.165) is 5.56 Å². The number of benzene rings is 1. The lowest BCUT2D eigenvalue weighted by atomic mass is 10.1. The normalized spacial score (nSPS) is 10.9. The molecule has 0 aliphatic carbocycles. The summed E-state index contributed by atoms with van der Waals surface area (Å²) in [6.45, 7) is 1.81. The molecule has 0 aliphatic heterocycles. The minimum absolute atomic E-state index is 0.0362. The molecule has 1 aromatic carbocycles. The van der Waals surface area contributed by atoms with Gasteiger partial charge in [0.2, 0.25) is 11.8 Å². The Bertz CT molecular complexity index is 840. The van der Waals surface area contributed by atoms with Crippen molar-refractivity contribution in [3.63, 3.8) is 0 Å². The minimum atomic E-state index is -0.474. The Kier molecular flexibility index (Phi) is 4.07. The standard InChI is InChI=1S/C14H12ClN5O3/c1-9-12(20(21)22)7-16-19(9)8-14-18-17-13(23-14)6-10-2-4-11(15)5-3-10/h2-5,7H,6,8H2,1H3. The van der Waals surface area contributed by atoms with Crippen LogP contribution in [0.1, 0.15) is 23.0 Å². The summed E-state index contributed by atoms with van der Waals surface area (Å²) in [6.07, 6.45) is 1.70. The molecule has 3 aromatic rings. The summed E-state index contributed by atoms with van der Waals surface area (Å²) in [6, 6.07) is 7.35. The molecule has 0 N–H and O–H groups in total. The molecule has 0 unspecified atom stereocenters. The van der Waals surface area contributed by atoms with Crippen molar-refractivity contribution in [1.29, 1.82) is 0 Å². The van der Waals surface area contributed by atoms with Gasteiger partial charge in [-0.05, 0) is 24.6 Å². The molecule has 0 atom stereocenters. The molecular weight excluding hydrogens is 322 g/mol. The lowest BCUT2D eigenvalue weighted by Gasteiger charge is -1.99. The monoisotopic (exact) mass is 333 g/mol. The lowest BCUT2D eigenvalue weighted by Crippen LogP contribution is -2.04. The van der Waals surface area contributed by atoms with E-state index in [-0.39, 0.29) is 12.2 Å². The summed E-state index contributed by atoms with van der Waals surface area (Å²) in [7, 11) is 0. The van der Waals surface area contributed by atoms with Crippen LogP contribution in [-0.2, 0) is 13.0 Å². The van der Waals surface area contributed by atoms with Crippen LogP contribution in [-0.4, -0.2) is 24.9 Å². The van der Waals surface area contributed by atoms with Gasteiger partial charge in [0.25, 0.3) is 0 Å².